The molecule has 0 saturated heterocycles. The largest absolute Gasteiger partial charge is 0.493 e. The second-order valence-electron chi connectivity index (χ2n) is 5.89. The third-order valence-corrected chi connectivity index (χ3v) is 3.91. The number of amides is 1. The summed E-state index contributed by atoms with van der Waals surface area (Å²) in [5, 5.41) is 3.92. The molecule has 0 bridgehead atoms. The van der Waals surface area contributed by atoms with Crippen LogP contribution in [0.15, 0.2) is 77.9 Å². The molecule has 0 aliphatic rings. The van der Waals surface area contributed by atoms with Gasteiger partial charge in [-0.2, -0.15) is 5.10 Å². The smallest absolute Gasteiger partial charge is 0.271 e. The number of carbonyl (C=O) groups excluding carboxylic acids is 1. The highest BCUT2D eigenvalue weighted by Crippen LogP contribution is 2.28. The summed E-state index contributed by atoms with van der Waals surface area (Å²) in [6.07, 6.45) is 1.49. The van der Waals surface area contributed by atoms with Gasteiger partial charge in [-0.05, 0) is 53.6 Å². The highest BCUT2D eigenvalue weighted by Gasteiger charge is 2.06. The number of ether oxygens (including phenoxy) is 2. The Morgan fingerprint density at radius 3 is 2.50 bits per heavy atom. The van der Waals surface area contributed by atoms with E-state index in [1.807, 2.05) is 30.3 Å². The van der Waals surface area contributed by atoms with Crippen LogP contribution in [0.2, 0.25) is 0 Å². The van der Waals surface area contributed by atoms with Crippen molar-refractivity contribution in [1.29, 1.82) is 0 Å². The van der Waals surface area contributed by atoms with Crippen LogP contribution in [0.3, 0.4) is 0 Å². The fraction of sp³-hybridized carbons (Fsp3) is 0.0909. The molecule has 0 aliphatic carbocycles. The molecule has 28 heavy (non-hydrogen) atoms. The lowest BCUT2D eigenvalue weighted by Gasteiger charge is -2.11. The number of hydrogen-bond acceptors (Lipinski definition) is 4. The Balaban J connectivity index is 1.61. The predicted molar refractivity (Wildman–Crippen MR) is 105 cm³/mol. The Morgan fingerprint density at radius 2 is 1.79 bits per heavy atom. The van der Waals surface area contributed by atoms with Gasteiger partial charge < -0.3 is 9.47 Å². The number of hydrazone groups is 1. The first kappa shape index (κ1) is 19.1. The summed E-state index contributed by atoms with van der Waals surface area (Å²) in [7, 11) is 1.56. The van der Waals surface area contributed by atoms with E-state index in [0.29, 0.717) is 23.7 Å². The zero-order valence-corrected chi connectivity index (χ0v) is 15.3. The summed E-state index contributed by atoms with van der Waals surface area (Å²) < 4.78 is 24.1. The topological polar surface area (TPSA) is 59.9 Å². The summed E-state index contributed by atoms with van der Waals surface area (Å²) in [6, 6.07) is 20.4. The van der Waals surface area contributed by atoms with Gasteiger partial charge in [-0.1, -0.05) is 30.3 Å². The summed E-state index contributed by atoms with van der Waals surface area (Å²) in [4.78, 5) is 12.0. The lowest BCUT2D eigenvalue weighted by molar-refractivity contribution is 0.0955. The molecule has 0 heterocycles. The predicted octanol–water partition coefficient (Wildman–Crippen LogP) is 4.18. The van der Waals surface area contributed by atoms with Crippen LogP contribution >= 0.6 is 0 Å². The Hall–Kier alpha value is -3.67. The van der Waals surface area contributed by atoms with E-state index in [1.165, 1.54) is 30.5 Å². The standard InChI is InChI=1S/C22H19FN2O3/c1-27-21-13-17(7-12-20(21)28-15-16-5-3-2-4-6-16)14-24-25-22(26)18-8-10-19(23)11-9-18/h2-14H,15H2,1H3,(H,25,26). The molecule has 0 aromatic heterocycles. The minimum absolute atomic E-state index is 0.320. The van der Waals surface area contributed by atoms with Crippen LogP contribution < -0.4 is 14.9 Å². The minimum atomic E-state index is -0.425. The quantitative estimate of drug-likeness (QED) is 0.496. The first-order valence-corrected chi connectivity index (χ1v) is 8.59. The van der Waals surface area contributed by atoms with Gasteiger partial charge in [0.2, 0.25) is 0 Å². The van der Waals surface area contributed by atoms with Crippen molar-refractivity contribution in [2.45, 2.75) is 6.61 Å². The van der Waals surface area contributed by atoms with E-state index in [9.17, 15) is 9.18 Å². The van der Waals surface area contributed by atoms with Gasteiger partial charge in [0.05, 0.1) is 13.3 Å². The van der Waals surface area contributed by atoms with Crippen molar-refractivity contribution in [3.63, 3.8) is 0 Å². The number of methoxy groups -OCH3 is 1. The van der Waals surface area contributed by atoms with Crippen molar-refractivity contribution in [3.05, 3.63) is 95.3 Å². The maximum Gasteiger partial charge on any atom is 0.271 e. The van der Waals surface area contributed by atoms with Gasteiger partial charge in [0.25, 0.3) is 5.91 Å². The average molecular weight is 378 g/mol. The first-order valence-electron chi connectivity index (χ1n) is 8.59. The number of nitrogens with one attached hydrogen (secondary N) is 1. The monoisotopic (exact) mass is 378 g/mol. The van der Waals surface area contributed by atoms with Crippen molar-refractivity contribution >= 4 is 12.1 Å². The average Bonchev–Trinajstić information content (AvgIpc) is 2.73. The van der Waals surface area contributed by atoms with E-state index in [2.05, 4.69) is 10.5 Å². The van der Waals surface area contributed by atoms with E-state index in [-0.39, 0.29) is 0 Å². The Kier molecular flexibility index (Phi) is 6.36. The lowest BCUT2D eigenvalue weighted by Crippen LogP contribution is -2.17. The van der Waals surface area contributed by atoms with Crippen LogP contribution in [-0.2, 0) is 6.61 Å². The van der Waals surface area contributed by atoms with Crippen LogP contribution in [0, 0.1) is 5.82 Å². The highest BCUT2D eigenvalue weighted by atomic mass is 19.1. The summed E-state index contributed by atoms with van der Waals surface area (Å²) in [5.74, 6) is 0.344. The van der Waals surface area contributed by atoms with Gasteiger partial charge in [-0.3, -0.25) is 4.79 Å². The second-order valence-corrected chi connectivity index (χ2v) is 5.89. The van der Waals surface area contributed by atoms with E-state index < -0.39 is 11.7 Å². The van der Waals surface area contributed by atoms with Gasteiger partial charge >= 0.3 is 0 Å². The molecule has 142 valence electrons. The molecule has 0 atom stereocenters. The third kappa shape index (κ3) is 5.17. The molecule has 0 fully saturated rings. The SMILES string of the molecule is COc1cc(C=NNC(=O)c2ccc(F)cc2)ccc1OCc1ccccc1. The number of carbonyl (C=O) groups is 1. The molecule has 1 N–H and O–H groups in total. The maximum atomic E-state index is 12.9. The third-order valence-electron chi connectivity index (χ3n) is 3.91. The lowest BCUT2D eigenvalue weighted by atomic mass is 10.2. The van der Waals surface area contributed by atoms with Crippen molar-refractivity contribution in [1.82, 2.24) is 5.43 Å². The maximum absolute atomic E-state index is 12.9. The molecule has 0 spiro atoms. The molecule has 3 aromatic carbocycles. The van der Waals surface area contributed by atoms with Crippen LogP contribution in [0.5, 0.6) is 11.5 Å². The first-order chi connectivity index (χ1) is 13.7. The van der Waals surface area contributed by atoms with Gasteiger partial charge in [-0.25, -0.2) is 9.82 Å². The Morgan fingerprint density at radius 1 is 1.04 bits per heavy atom. The number of nitrogens with zero attached hydrogens (tertiary/aromatic N) is 1. The number of rotatable bonds is 7. The molecule has 0 radical (unpaired) electrons. The Labute approximate surface area is 162 Å². The normalized spacial score (nSPS) is 10.6. The highest BCUT2D eigenvalue weighted by molar-refractivity contribution is 5.94. The van der Waals surface area contributed by atoms with Gasteiger partial charge in [0, 0.05) is 5.56 Å². The van der Waals surface area contributed by atoms with E-state index in [4.69, 9.17) is 9.47 Å². The van der Waals surface area contributed by atoms with Crippen LogP contribution in [0.25, 0.3) is 0 Å². The van der Waals surface area contributed by atoms with Gasteiger partial charge in [0.1, 0.15) is 12.4 Å². The summed E-state index contributed by atoms with van der Waals surface area (Å²) in [6.45, 7) is 0.429. The van der Waals surface area contributed by atoms with Crippen molar-refractivity contribution < 1.29 is 18.7 Å². The zero-order valence-electron chi connectivity index (χ0n) is 15.3. The molecule has 0 saturated carbocycles. The fourth-order valence-electron chi connectivity index (χ4n) is 2.45. The molecular weight excluding hydrogens is 359 g/mol. The second kappa shape index (κ2) is 9.32. The minimum Gasteiger partial charge on any atom is -0.493 e. The molecule has 6 heteroatoms. The molecular formula is C22H19FN2O3. The van der Waals surface area contributed by atoms with Crippen LogP contribution in [0.4, 0.5) is 4.39 Å². The van der Waals surface area contributed by atoms with Gasteiger partial charge in [-0.15, -0.1) is 0 Å². The molecule has 5 nitrogen and oxygen atoms in total. The van der Waals surface area contributed by atoms with Crippen LogP contribution in [-0.4, -0.2) is 19.2 Å². The molecule has 3 rings (SSSR count). The van der Waals surface area contributed by atoms with Crippen molar-refractivity contribution in [2.24, 2.45) is 5.10 Å². The van der Waals surface area contributed by atoms with Gasteiger partial charge in [0.15, 0.2) is 11.5 Å². The number of halogens is 1. The molecule has 1 amide bonds. The fourth-order valence-corrected chi connectivity index (χ4v) is 2.45. The molecule has 3 aromatic rings. The zero-order chi connectivity index (χ0) is 19.8. The van der Waals surface area contributed by atoms with Crippen LogP contribution in [0.1, 0.15) is 21.5 Å². The van der Waals surface area contributed by atoms with Crippen molar-refractivity contribution in [3.8, 4) is 11.5 Å². The molecule has 0 aliphatic heterocycles. The van der Waals surface area contributed by atoms with E-state index >= 15 is 0 Å². The number of benzene rings is 3. The van der Waals surface area contributed by atoms with E-state index in [0.717, 1.165) is 11.1 Å². The van der Waals surface area contributed by atoms with E-state index in [1.54, 1.807) is 25.3 Å². The van der Waals surface area contributed by atoms with Crippen molar-refractivity contribution in [2.75, 3.05) is 7.11 Å². The summed E-state index contributed by atoms with van der Waals surface area (Å²) >= 11 is 0. The summed E-state index contributed by atoms with van der Waals surface area (Å²) in [5.41, 5.74) is 4.50. The number of hydrogen-bond donors (Lipinski definition) is 1. The Bertz CT molecular complexity index is 957. The molecule has 0 unspecified atom stereocenters.